The SMILES string of the molecule is [C+]1=Cc2cc3c(cc2C=C1)-c1cc2ccccc2cc1C3. The first kappa shape index (κ1) is 11.0. The Hall–Kier alpha value is -2.69. The van der Waals surface area contributed by atoms with Gasteiger partial charge in [-0.1, -0.05) is 30.3 Å². The average molecular weight is 265 g/mol. The number of hydrogen-bond donors (Lipinski definition) is 0. The van der Waals surface area contributed by atoms with Gasteiger partial charge < -0.3 is 0 Å². The summed E-state index contributed by atoms with van der Waals surface area (Å²) in [7, 11) is 0. The molecule has 0 heterocycles. The van der Waals surface area contributed by atoms with Gasteiger partial charge in [-0.25, -0.2) is 0 Å². The minimum absolute atomic E-state index is 1.04. The minimum Gasteiger partial charge on any atom is -0.0616 e. The van der Waals surface area contributed by atoms with E-state index in [0.717, 1.165) is 6.42 Å². The molecule has 0 N–H and O–H groups in total. The molecule has 0 atom stereocenters. The van der Waals surface area contributed by atoms with Crippen LogP contribution in [0.15, 0.2) is 54.6 Å². The highest BCUT2D eigenvalue weighted by molar-refractivity contribution is 5.93. The van der Waals surface area contributed by atoms with E-state index in [9.17, 15) is 0 Å². The van der Waals surface area contributed by atoms with E-state index in [2.05, 4.69) is 66.8 Å². The second-order valence-electron chi connectivity index (χ2n) is 5.82. The molecule has 0 unspecified atom stereocenters. The third-order valence-corrected chi connectivity index (χ3v) is 4.55. The summed E-state index contributed by atoms with van der Waals surface area (Å²) in [5, 5.41) is 2.66. The van der Waals surface area contributed by atoms with Crippen LogP contribution in [0.25, 0.3) is 34.1 Å². The molecule has 0 saturated heterocycles. The normalized spacial score (nSPS) is 13.7. The molecule has 2 aliphatic rings. The van der Waals surface area contributed by atoms with E-state index in [-0.39, 0.29) is 0 Å². The first-order valence-corrected chi connectivity index (χ1v) is 7.33. The molecule has 0 nitrogen and oxygen atoms in total. The van der Waals surface area contributed by atoms with Crippen LogP contribution in [0, 0.1) is 6.08 Å². The van der Waals surface area contributed by atoms with Crippen LogP contribution in [0.2, 0.25) is 0 Å². The van der Waals surface area contributed by atoms with Gasteiger partial charge in [0.15, 0.2) is 0 Å². The molecule has 0 amide bonds. The van der Waals surface area contributed by atoms with E-state index in [0.29, 0.717) is 0 Å². The van der Waals surface area contributed by atoms with Crippen molar-refractivity contribution in [2.45, 2.75) is 6.42 Å². The maximum atomic E-state index is 3.17. The van der Waals surface area contributed by atoms with Crippen molar-refractivity contribution in [2.75, 3.05) is 0 Å². The zero-order valence-electron chi connectivity index (χ0n) is 11.6. The van der Waals surface area contributed by atoms with Crippen molar-refractivity contribution >= 4 is 22.9 Å². The maximum Gasteiger partial charge on any atom is 0.111 e. The Bertz CT molecular complexity index is 955. The highest BCUT2D eigenvalue weighted by atomic mass is 14.2. The molecule has 3 aromatic rings. The third kappa shape index (κ3) is 1.54. The fourth-order valence-corrected chi connectivity index (χ4v) is 3.51. The molecule has 0 saturated carbocycles. The summed E-state index contributed by atoms with van der Waals surface area (Å²) >= 11 is 0. The summed E-state index contributed by atoms with van der Waals surface area (Å²) in [6.45, 7) is 0. The summed E-state index contributed by atoms with van der Waals surface area (Å²) < 4.78 is 0. The molecule has 96 valence electrons. The number of fused-ring (bicyclic) bond motifs is 5. The second-order valence-corrected chi connectivity index (χ2v) is 5.82. The monoisotopic (exact) mass is 265 g/mol. The van der Waals surface area contributed by atoms with Gasteiger partial charge in [-0.3, -0.25) is 0 Å². The molecular weight excluding hydrogens is 252 g/mol. The molecule has 0 bridgehead atoms. The lowest BCUT2D eigenvalue weighted by Crippen LogP contribution is -1.89. The van der Waals surface area contributed by atoms with Crippen LogP contribution in [0.1, 0.15) is 22.3 Å². The van der Waals surface area contributed by atoms with E-state index in [1.54, 1.807) is 0 Å². The van der Waals surface area contributed by atoms with Crippen molar-refractivity contribution in [3.8, 4) is 11.1 Å². The van der Waals surface area contributed by atoms with Crippen LogP contribution in [0.4, 0.5) is 0 Å². The highest BCUT2D eigenvalue weighted by Crippen LogP contribution is 2.41. The Labute approximate surface area is 124 Å². The van der Waals surface area contributed by atoms with Crippen LogP contribution >= 0.6 is 0 Å². The van der Waals surface area contributed by atoms with Crippen LogP contribution in [-0.4, -0.2) is 0 Å². The van der Waals surface area contributed by atoms with Gasteiger partial charge in [0.1, 0.15) is 12.2 Å². The fraction of sp³-hybridized carbons (Fsp3) is 0.0476. The van der Waals surface area contributed by atoms with Gasteiger partial charge in [0.25, 0.3) is 0 Å². The second kappa shape index (κ2) is 3.91. The smallest absolute Gasteiger partial charge is 0.0616 e. The third-order valence-electron chi connectivity index (χ3n) is 4.55. The zero-order valence-corrected chi connectivity index (χ0v) is 11.6. The van der Waals surface area contributed by atoms with Gasteiger partial charge in [0, 0.05) is 12.1 Å². The molecule has 0 spiro atoms. The van der Waals surface area contributed by atoms with Crippen LogP contribution in [0.5, 0.6) is 0 Å². The van der Waals surface area contributed by atoms with Gasteiger partial charge in [0.05, 0.1) is 17.2 Å². The summed E-state index contributed by atoms with van der Waals surface area (Å²) in [5.41, 5.74) is 8.27. The Morgan fingerprint density at radius 1 is 0.762 bits per heavy atom. The number of benzene rings is 3. The van der Waals surface area contributed by atoms with E-state index in [1.807, 2.05) is 6.08 Å². The highest BCUT2D eigenvalue weighted by Gasteiger charge is 2.23. The molecule has 3 aromatic carbocycles. The largest absolute Gasteiger partial charge is 0.111 e. The van der Waals surface area contributed by atoms with Gasteiger partial charge >= 0.3 is 0 Å². The van der Waals surface area contributed by atoms with Gasteiger partial charge in [0.2, 0.25) is 0 Å². The van der Waals surface area contributed by atoms with Gasteiger partial charge in [-0.15, -0.1) is 0 Å². The van der Waals surface area contributed by atoms with Gasteiger partial charge in [-0.2, -0.15) is 0 Å². The van der Waals surface area contributed by atoms with Crippen molar-refractivity contribution in [1.82, 2.24) is 0 Å². The molecule has 0 heteroatoms. The average Bonchev–Trinajstić information content (AvgIpc) is 2.87. The Morgan fingerprint density at radius 2 is 1.52 bits per heavy atom. The lowest BCUT2D eigenvalue weighted by molar-refractivity contribution is 1.26. The van der Waals surface area contributed by atoms with Crippen LogP contribution in [0.3, 0.4) is 0 Å². The van der Waals surface area contributed by atoms with E-state index < -0.39 is 0 Å². The Balaban J connectivity index is 1.80. The van der Waals surface area contributed by atoms with Crippen LogP contribution in [-0.2, 0) is 6.42 Å². The quantitative estimate of drug-likeness (QED) is 0.381. The maximum absolute atomic E-state index is 3.17. The first-order valence-electron chi connectivity index (χ1n) is 7.33. The van der Waals surface area contributed by atoms with Crippen molar-refractivity contribution < 1.29 is 0 Å². The van der Waals surface area contributed by atoms with Crippen molar-refractivity contribution in [2.24, 2.45) is 0 Å². The number of allylic oxidation sites excluding steroid dienone is 2. The van der Waals surface area contributed by atoms with Crippen molar-refractivity contribution in [3.63, 3.8) is 0 Å². The molecule has 0 aromatic heterocycles. The predicted molar refractivity (Wildman–Crippen MR) is 88.9 cm³/mol. The van der Waals surface area contributed by atoms with E-state index >= 15 is 0 Å². The molecule has 0 radical (unpaired) electrons. The standard InChI is InChI=1S/C21H13/c1-3-7-16-12-20-18(9-14(16)5-1)11-19-10-15-6-2-4-8-17(15)13-21(19)20/h1,3-10,12-13H,11H2/q+1. The lowest BCUT2D eigenvalue weighted by Gasteiger charge is -2.05. The summed E-state index contributed by atoms with van der Waals surface area (Å²) in [5.74, 6) is 0. The minimum atomic E-state index is 1.04. The van der Waals surface area contributed by atoms with Gasteiger partial charge in [-0.05, 0) is 51.6 Å². The Kier molecular flexibility index (Phi) is 2.05. The van der Waals surface area contributed by atoms with E-state index in [4.69, 9.17) is 0 Å². The van der Waals surface area contributed by atoms with E-state index in [1.165, 1.54) is 44.2 Å². The summed E-state index contributed by atoms with van der Waals surface area (Å²) in [6.07, 6.45) is 10.4. The zero-order chi connectivity index (χ0) is 13.8. The number of rotatable bonds is 0. The molecular formula is C21H13+. The molecule has 0 aliphatic heterocycles. The fourth-order valence-electron chi connectivity index (χ4n) is 3.51. The topological polar surface area (TPSA) is 0 Å². The molecule has 5 rings (SSSR count). The Morgan fingerprint density at radius 3 is 2.43 bits per heavy atom. The summed E-state index contributed by atoms with van der Waals surface area (Å²) in [6, 6.07) is 18.0. The van der Waals surface area contributed by atoms with Crippen LogP contribution < -0.4 is 0 Å². The van der Waals surface area contributed by atoms with Crippen molar-refractivity contribution in [3.05, 3.63) is 82.9 Å². The van der Waals surface area contributed by atoms with Crippen molar-refractivity contribution in [1.29, 1.82) is 0 Å². The molecule has 0 fully saturated rings. The first-order chi connectivity index (χ1) is 10.4. The molecule has 21 heavy (non-hydrogen) atoms. The lowest BCUT2D eigenvalue weighted by atomic mass is 9.95. The number of hydrogen-bond acceptors (Lipinski definition) is 0. The predicted octanol–water partition coefficient (Wildman–Crippen LogP) is 5.25. The molecule has 2 aliphatic carbocycles. The summed E-state index contributed by atoms with van der Waals surface area (Å²) in [4.78, 5) is 0.